The summed E-state index contributed by atoms with van der Waals surface area (Å²) in [5.74, 6) is 1.56. The minimum atomic E-state index is -0.0939. The number of likely N-dealkylation sites (tertiary alicyclic amines) is 1. The van der Waals surface area contributed by atoms with Gasteiger partial charge in [0.15, 0.2) is 0 Å². The molecule has 2 heterocycles. The molecule has 0 aliphatic carbocycles. The molecular formula is C20H26N4O. The second-order valence-electron chi connectivity index (χ2n) is 6.62. The highest BCUT2D eigenvalue weighted by Crippen LogP contribution is 2.19. The van der Waals surface area contributed by atoms with Gasteiger partial charge >= 0.3 is 0 Å². The Labute approximate surface area is 149 Å². The lowest BCUT2D eigenvalue weighted by molar-refractivity contribution is -0.125. The molecule has 2 N–H and O–H groups in total. The first kappa shape index (κ1) is 17.4. The molecule has 2 unspecified atom stereocenters. The molecule has 0 spiro atoms. The first-order valence-electron chi connectivity index (χ1n) is 8.93. The molecule has 2 aromatic rings. The number of nitrogens with one attached hydrogen (secondary N) is 2. The van der Waals surface area contributed by atoms with E-state index >= 15 is 0 Å². The number of benzene rings is 1. The van der Waals surface area contributed by atoms with Gasteiger partial charge in [0.05, 0.1) is 6.04 Å². The third-order valence-corrected chi connectivity index (χ3v) is 4.79. The zero-order valence-corrected chi connectivity index (χ0v) is 14.7. The molecule has 0 radical (unpaired) electrons. The Hall–Kier alpha value is -2.40. The molecule has 1 aliphatic rings. The lowest BCUT2D eigenvalue weighted by Crippen LogP contribution is -2.44. The molecule has 1 amide bonds. The minimum absolute atomic E-state index is 0.0939. The van der Waals surface area contributed by atoms with E-state index in [4.69, 9.17) is 0 Å². The number of carbonyl (C=O) groups is 1. The highest BCUT2D eigenvalue weighted by atomic mass is 16.2. The van der Waals surface area contributed by atoms with Gasteiger partial charge in [-0.2, -0.15) is 0 Å². The summed E-state index contributed by atoms with van der Waals surface area (Å²) < 4.78 is 0. The van der Waals surface area contributed by atoms with Crippen LogP contribution < -0.4 is 10.6 Å². The molecule has 25 heavy (non-hydrogen) atoms. The van der Waals surface area contributed by atoms with Gasteiger partial charge in [-0.25, -0.2) is 4.98 Å². The van der Waals surface area contributed by atoms with Crippen LogP contribution in [0.3, 0.4) is 0 Å². The second kappa shape index (κ2) is 8.62. The maximum atomic E-state index is 12.4. The third-order valence-electron chi connectivity index (χ3n) is 4.79. The van der Waals surface area contributed by atoms with Crippen LogP contribution in [0.2, 0.25) is 0 Å². The van der Waals surface area contributed by atoms with Gasteiger partial charge in [-0.3, -0.25) is 9.69 Å². The summed E-state index contributed by atoms with van der Waals surface area (Å²) in [6, 6.07) is 15.8. The van der Waals surface area contributed by atoms with Crippen molar-refractivity contribution in [2.24, 2.45) is 5.92 Å². The molecule has 0 bridgehead atoms. The Kier molecular flexibility index (Phi) is 6.01. The summed E-state index contributed by atoms with van der Waals surface area (Å²) in [6.07, 6.45) is 2.90. The number of pyridine rings is 1. The maximum Gasteiger partial charge on any atom is 0.237 e. The number of anilines is 1. The van der Waals surface area contributed by atoms with Crippen molar-refractivity contribution in [3.8, 4) is 0 Å². The van der Waals surface area contributed by atoms with Crippen molar-refractivity contribution in [2.45, 2.75) is 25.9 Å². The number of hydrogen-bond acceptors (Lipinski definition) is 4. The highest BCUT2D eigenvalue weighted by molar-refractivity contribution is 5.81. The molecule has 1 saturated heterocycles. The highest BCUT2D eigenvalue weighted by Gasteiger charge is 2.29. The van der Waals surface area contributed by atoms with Crippen LogP contribution in [-0.4, -0.2) is 41.5 Å². The SMILES string of the molecule is CC(C(=O)NCc1ccccc1)N1CCC(CNc2ccccn2)C1. The van der Waals surface area contributed by atoms with Crippen molar-refractivity contribution in [1.29, 1.82) is 0 Å². The van der Waals surface area contributed by atoms with Gasteiger partial charge in [0.1, 0.15) is 5.82 Å². The largest absolute Gasteiger partial charge is 0.370 e. The Balaban J connectivity index is 1.42. The molecule has 1 fully saturated rings. The van der Waals surface area contributed by atoms with Gasteiger partial charge in [-0.15, -0.1) is 0 Å². The van der Waals surface area contributed by atoms with E-state index in [0.29, 0.717) is 12.5 Å². The zero-order valence-electron chi connectivity index (χ0n) is 14.7. The lowest BCUT2D eigenvalue weighted by Gasteiger charge is -2.23. The molecule has 1 aromatic heterocycles. The number of carbonyl (C=O) groups excluding carboxylic acids is 1. The van der Waals surface area contributed by atoms with Crippen LogP contribution in [0, 0.1) is 5.92 Å². The topological polar surface area (TPSA) is 57.3 Å². The average Bonchev–Trinajstić information content (AvgIpc) is 3.14. The van der Waals surface area contributed by atoms with E-state index in [-0.39, 0.29) is 11.9 Å². The molecular weight excluding hydrogens is 312 g/mol. The quantitative estimate of drug-likeness (QED) is 0.814. The Bertz CT molecular complexity index is 662. The van der Waals surface area contributed by atoms with Gasteiger partial charge in [0, 0.05) is 25.8 Å². The van der Waals surface area contributed by atoms with Gasteiger partial charge in [-0.05, 0) is 43.5 Å². The van der Waals surface area contributed by atoms with E-state index in [2.05, 4.69) is 20.5 Å². The lowest BCUT2D eigenvalue weighted by atomic mass is 10.1. The molecule has 132 valence electrons. The van der Waals surface area contributed by atoms with Crippen molar-refractivity contribution in [1.82, 2.24) is 15.2 Å². The number of nitrogens with zero attached hydrogens (tertiary/aromatic N) is 2. The molecule has 3 rings (SSSR count). The number of hydrogen-bond donors (Lipinski definition) is 2. The van der Waals surface area contributed by atoms with E-state index in [1.807, 2.05) is 55.5 Å². The van der Waals surface area contributed by atoms with E-state index < -0.39 is 0 Å². The van der Waals surface area contributed by atoms with Crippen LogP contribution in [0.1, 0.15) is 18.9 Å². The Morgan fingerprint density at radius 3 is 2.80 bits per heavy atom. The smallest absolute Gasteiger partial charge is 0.237 e. The van der Waals surface area contributed by atoms with Crippen molar-refractivity contribution >= 4 is 11.7 Å². The van der Waals surface area contributed by atoms with Crippen LogP contribution in [0.4, 0.5) is 5.82 Å². The van der Waals surface area contributed by atoms with E-state index in [1.54, 1.807) is 6.20 Å². The van der Waals surface area contributed by atoms with Crippen LogP contribution >= 0.6 is 0 Å². The molecule has 1 aromatic carbocycles. The zero-order chi connectivity index (χ0) is 17.5. The first-order chi connectivity index (χ1) is 12.2. The second-order valence-corrected chi connectivity index (χ2v) is 6.62. The fourth-order valence-corrected chi connectivity index (χ4v) is 3.20. The van der Waals surface area contributed by atoms with E-state index in [0.717, 1.165) is 37.4 Å². The molecule has 5 heteroatoms. The van der Waals surface area contributed by atoms with Crippen molar-refractivity contribution in [2.75, 3.05) is 25.0 Å². The summed E-state index contributed by atoms with van der Waals surface area (Å²) in [4.78, 5) is 19.0. The Morgan fingerprint density at radius 2 is 2.04 bits per heavy atom. The summed E-state index contributed by atoms with van der Waals surface area (Å²) in [5, 5.41) is 6.43. The van der Waals surface area contributed by atoms with Crippen molar-refractivity contribution in [3.05, 3.63) is 60.3 Å². The summed E-state index contributed by atoms with van der Waals surface area (Å²) >= 11 is 0. The van der Waals surface area contributed by atoms with E-state index in [1.165, 1.54) is 0 Å². The number of aromatic nitrogens is 1. The van der Waals surface area contributed by atoms with Crippen molar-refractivity contribution < 1.29 is 4.79 Å². The molecule has 1 aliphatic heterocycles. The average molecular weight is 338 g/mol. The monoisotopic (exact) mass is 338 g/mol. The molecule has 2 atom stereocenters. The molecule has 0 saturated carbocycles. The summed E-state index contributed by atoms with van der Waals surface area (Å²) in [7, 11) is 0. The normalized spacial score (nSPS) is 18.7. The van der Waals surface area contributed by atoms with Gasteiger partial charge in [0.2, 0.25) is 5.91 Å². The fraction of sp³-hybridized carbons (Fsp3) is 0.400. The number of amides is 1. The maximum absolute atomic E-state index is 12.4. The van der Waals surface area contributed by atoms with Gasteiger partial charge < -0.3 is 10.6 Å². The molecule has 5 nitrogen and oxygen atoms in total. The third kappa shape index (κ3) is 5.03. The predicted molar refractivity (Wildman–Crippen MR) is 100 cm³/mol. The van der Waals surface area contributed by atoms with Crippen LogP contribution in [0.5, 0.6) is 0 Å². The minimum Gasteiger partial charge on any atom is -0.370 e. The first-order valence-corrected chi connectivity index (χ1v) is 8.93. The number of rotatable bonds is 7. The summed E-state index contributed by atoms with van der Waals surface area (Å²) in [6.45, 7) is 5.39. The Morgan fingerprint density at radius 1 is 1.24 bits per heavy atom. The predicted octanol–water partition coefficient (Wildman–Crippen LogP) is 2.52. The van der Waals surface area contributed by atoms with Crippen molar-refractivity contribution in [3.63, 3.8) is 0 Å². The van der Waals surface area contributed by atoms with E-state index in [9.17, 15) is 4.79 Å². The fourth-order valence-electron chi connectivity index (χ4n) is 3.20. The standard InChI is InChI=1S/C20H26N4O/c1-16(20(25)23-13-17-7-3-2-4-8-17)24-12-10-18(15-24)14-22-19-9-5-6-11-21-19/h2-9,11,16,18H,10,12-15H2,1H3,(H,21,22)(H,23,25). The van der Waals surface area contributed by atoms with Gasteiger partial charge in [-0.1, -0.05) is 36.4 Å². The van der Waals surface area contributed by atoms with Crippen LogP contribution in [0.15, 0.2) is 54.7 Å². The van der Waals surface area contributed by atoms with Crippen LogP contribution in [0.25, 0.3) is 0 Å². The van der Waals surface area contributed by atoms with Gasteiger partial charge in [0.25, 0.3) is 0 Å². The van der Waals surface area contributed by atoms with Crippen LogP contribution in [-0.2, 0) is 11.3 Å². The summed E-state index contributed by atoms with van der Waals surface area (Å²) in [5.41, 5.74) is 1.13.